The van der Waals surface area contributed by atoms with E-state index >= 15 is 0 Å². The fourth-order valence-electron chi connectivity index (χ4n) is 2.29. The monoisotopic (exact) mass is 339 g/mol. The molecule has 106 valence electrons. The molecule has 2 rings (SSSR count). The van der Waals surface area contributed by atoms with E-state index in [0.717, 1.165) is 15.6 Å². The van der Waals surface area contributed by atoms with E-state index in [0.29, 0.717) is 12.8 Å². The molecule has 20 heavy (non-hydrogen) atoms. The van der Waals surface area contributed by atoms with Crippen LogP contribution in [0, 0.1) is 11.6 Å². The predicted molar refractivity (Wildman–Crippen MR) is 80.5 cm³/mol. The van der Waals surface area contributed by atoms with E-state index in [2.05, 4.69) is 15.9 Å². The highest BCUT2D eigenvalue weighted by atomic mass is 79.9. The Morgan fingerprint density at radius 2 is 1.75 bits per heavy atom. The maximum atomic E-state index is 13.3. The molecule has 2 aromatic rings. The Kier molecular flexibility index (Phi) is 4.55. The normalized spacial score (nSPS) is 14.1. The van der Waals surface area contributed by atoms with Gasteiger partial charge in [0.15, 0.2) is 0 Å². The number of hydrogen-bond donors (Lipinski definition) is 1. The van der Waals surface area contributed by atoms with Crippen molar-refractivity contribution in [1.29, 1.82) is 0 Å². The van der Waals surface area contributed by atoms with Crippen LogP contribution in [0.15, 0.2) is 46.9 Å². The summed E-state index contributed by atoms with van der Waals surface area (Å²) in [6, 6.07) is 10.9. The number of halogens is 3. The lowest BCUT2D eigenvalue weighted by Gasteiger charge is -2.25. The third kappa shape index (κ3) is 4.12. The van der Waals surface area contributed by atoms with Crippen LogP contribution < -0.4 is 5.73 Å². The van der Waals surface area contributed by atoms with Crippen molar-refractivity contribution >= 4 is 15.9 Å². The minimum Gasteiger partial charge on any atom is -0.325 e. The van der Waals surface area contributed by atoms with Gasteiger partial charge >= 0.3 is 0 Å². The maximum absolute atomic E-state index is 13.3. The van der Waals surface area contributed by atoms with Gasteiger partial charge < -0.3 is 5.73 Å². The maximum Gasteiger partial charge on any atom is 0.123 e. The van der Waals surface area contributed by atoms with Gasteiger partial charge in [0.25, 0.3) is 0 Å². The lowest BCUT2D eigenvalue weighted by Crippen LogP contribution is -2.41. The minimum absolute atomic E-state index is 0.273. The Morgan fingerprint density at radius 3 is 2.45 bits per heavy atom. The van der Waals surface area contributed by atoms with Crippen LogP contribution in [0.4, 0.5) is 8.78 Å². The van der Waals surface area contributed by atoms with Crippen LogP contribution in [-0.2, 0) is 12.8 Å². The standard InChI is InChI=1S/C16H16BrF2N/c1-16(20,9-11-3-2-4-13(18)7-11)10-12-8-14(19)5-6-15(12)17/h2-8H,9-10,20H2,1H3. The molecule has 1 atom stereocenters. The van der Waals surface area contributed by atoms with Crippen molar-refractivity contribution in [1.82, 2.24) is 0 Å². The molecule has 1 unspecified atom stereocenters. The summed E-state index contributed by atoms with van der Waals surface area (Å²) in [7, 11) is 0. The van der Waals surface area contributed by atoms with Crippen LogP contribution in [0.3, 0.4) is 0 Å². The molecular weight excluding hydrogens is 324 g/mol. The SMILES string of the molecule is CC(N)(Cc1cccc(F)c1)Cc1cc(F)ccc1Br. The highest BCUT2D eigenvalue weighted by Gasteiger charge is 2.21. The first-order valence-electron chi connectivity index (χ1n) is 6.33. The molecule has 0 saturated heterocycles. The highest BCUT2D eigenvalue weighted by molar-refractivity contribution is 9.10. The molecule has 1 nitrogen and oxygen atoms in total. The second-order valence-electron chi connectivity index (χ2n) is 5.37. The molecule has 4 heteroatoms. The number of benzene rings is 2. The number of rotatable bonds is 4. The lowest BCUT2D eigenvalue weighted by molar-refractivity contribution is 0.459. The van der Waals surface area contributed by atoms with E-state index in [9.17, 15) is 8.78 Å². The molecule has 0 aliphatic carbocycles. The van der Waals surface area contributed by atoms with Gasteiger partial charge in [-0.1, -0.05) is 28.1 Å². The van der Waals surface area contributed by atoms with Gasteiger partial charge in [0, 0.05) is 10.0 Å². The fourth-order valence-corrected chi connectivity index (χ4v) is 2.68. The lowest BCUT2D eigenvalue weighted by atomic mass is 9.87. The summed E-state index contributed by atoms with van der Waals surface area (Å²) < 4.78 is 27.3. The quantitative estimate of drug-likeness (QED) is 0.886. The van der Waals surface area contributed by atoms with Crippen molar-refractivity contribution in [2.45, 2.75) is 25.3 Å². The molecule has 0 fully saturated rings. The highest BCUT2D eigenvalue weighted by Crippen LogP contribution is 2.24. The zero-order valence-corrected chi connectivity index (χ0v) is 12.8. The van der Waals surface area contributed by atoms with Crippen LogP contribution in [-0.4, -0.2) is 5.54 Å². The third-order valence-corrected chi connectivity index (χ3v) is 3.87. The summed E-state index contributed by atoms with van der Waals surface area (Å²) in [4.78, 5) is 0. The topological polar surface area (TPSA) is 26.0 Å². The molecule has 0 heterocycles. The van der Waals surface area contributed by atoms with E-state index < -0.39 is 5.54 Å². The Balaban J connectivity index is 2.16. The molecule has 0 aliphatic rings. The van der Waals surface area contributed by atoms with Crippen molar-refractivity contribution in [2.24, 2.45) is 5.73 Å². The molecule has 2 N–H and O–H groups in total. The zero-order chi connectivity index (χ0) is 14.8. The second kappa shape index (κ2) is 6.02. The van der Waals surface area contributed by atoms with E-state index in [4.69, 9.17) is 5.73 Å². The minimum atomic E-state index is -0.579. The van der Waals surface area contributed by atoms with Crippen molar-refractivity contribution in [3.63, 3.8) is 0 Å². The summed E-state index contributed by atoms with van der Waals surface area (Å²) in [5.41, 5.74) is 7.35. The summed E-state index contributed by atoms with van der Waals surface area (Å²) >= 11 is 3.40. The summed E-state index contributed by atoms with van der Waals surface area (Å²) in [5, 5.41) is 0. The van der Waals surface area contributed by atoms with E-state index in [1.165, 1.54) is 24.3 Å². The average Bonchev–Trinajstić information content (AvgIpc) is 2.33. The fraction of sp³-hybridized carbons (Fsp3) is 0.250. The van der Waals surface area contributed by atoms with E-state index in [-0.39, 0.29) is 11.6 Å². The van der Waals surface area contributed by atoms with Crippen molar-refractivity contribution in [3.8, 4) is 0 Å². The predicted octanol–water partition coefficient (Wildman–Crippen LogP) is 4.23. The van der Waals surface area contributed by atoms with Gasteiger partial charge in [-0.05, 0) is 61.2 Å². The van der Waals surface area contributed by atoms with Crippen LogP contribution in [0.5, 0.6) is 0 Å². The molecule has 0 aromatic heterocycles. The summed E-state index contributed by atoms with van der Waals surface area (Å²) in [5.74, 6) is -0.560. The van der Waals surface area contributed by atoms with Crippen molar-refractivity contribution < 1.29 is 8.78 Å². The first-order chi connectivity index (χ1) is 9.35. The number of nitrogens with two attached hydrogens (primary N) is 1. The van der Waals surface area contributed by atoms with Gasteiger partial charge in [0.2, 0.25) is 0 Å². The van der Waals surface area contributed by atoms with Gasteiger partial charge in [0.05, 0.1) is 0 Å². The molecule has 2 aromatic carbocycles. The van der Waals surface area contributed by atoms with Gasteiger partial charge in [-0.15, -0.1) is 0 Å². The van der Waals surface area contributed by atoms with Crippen molar-refractivity contribution in [3.05, 3.63) is 69.7 Å². The molecule has 0 spiro atoms. The molecule has 0 amide bonds. The summed E-state index contributed by atoms with van der Waals surface area (Å²) in [6.07, 6.45) is 1.02. The Morgan fingerprint density at radius 1 is 1.05 bits per heavy atom. The van der Waals surface area contributed by atoms with Crippen molar-refractivity contribution in [2.75, 3.05) is 0 Å². The van der Waals surface area contributed by atoms with Crippen LogP contribution in [0.2, 0.25) is 0 Å². The molecule has 0 aliphatic heterocycles. The van der Waals surface area contributed by atoms with Crippen LogP contribution in [0.1, 0.15) is 18.1 Å². The molecule has 0 radical (unpaired) electrons. The average molecular weight is 340 g/mol. The Bertz CT molecular complexity index is 611. The first kappa shape index (κ1) is 15.1. The first-order valence-corrected chi connectivity index (χ1v) is 7.12. The van der Waals surface area contributed by atoms with Gasteiger partial charge in [0.1, 0.15) is 11.6 Å². The van der Waals surface area contributed by atoms with Crippen LogP contribution >= 0.6 is 15.9 Å². The molecule has 0 bridgehead atoms. The Hall–Kier alpha value is -1.26. The second-order valence-corrected chi connectivity index (χ2v) is 6.23. The molecule has 0 saturated carbocycles. The summed E-state index contributed by atoms with van der Waals surface area (Å²) in [6.45, 7) is 1.88. The van der Waals surface area contributed by atoms with E-state index in [1.807, 2.05) is 13.0 Å². The zero-order valence-electron chi connectivity index (χ0n) is 11.2. The van der Waals surface area contributed by atoms with Gasteiger partial charge in [-0.3, -0.25) is 0 Å². The van der Waals surface area contributed by atoms with Crippen LogP contribution in [0.25, 0.3) is 0 Å². The molecular formula is C16H16BrF2N. The van der Waals surface area contributed by atoms with Gasteiger partial charge in [-0.25, -0.2) is 8.78 Å². The smallest absolute Gasteiger partial charge is 0.123 e. The van der Waals surface area contributed by atoms with E-state index in [1.54, 1.807) is 12.1 Å². The number of hydrogen-bond acceptors (Lipinski definition) is 1. The Labute approximate surface area is 125 Å². The largest absolute Gasteiger partial charge is 0.325 e. The van der Waals surface area contributed by atoms with Gasteiger partial charge in [-0.2, -0.15) is 0 Å². The third-order valence-electron chi connectivity index (χ3n) is 3.10.